The molecule has 0 bridgehead atoms. The molecule has 2 atom stereocenters. The van der Waals surface area contributed by atoms with Crippen LogP contribution in [0.1, 0.15) is 52.4 Å². The molecule has 0 spiro atoms. The predicted molar refractivity (Wildman–Crippen MR) is 106 cm³/mol. The first-order valence-corrected chi connectivity index (χ1v) is 9.05. The molecule has 0 saturated heterocycles. The van der Waals surface area contributed by atoms with Crippen LogP contribution < -0.4 is 0 Å². The van der Waals surface area contributed by atoms with Gasteiger partial charge in [0, 0.05) is 0 Å². The van der Waals surface area contributed by atoms with Crippen molar-refractivity contribution in [2.75, 3.05) is 0 Å². The lowest BCUT2D eigenvalue weighted by molar-refractivity contribution is 0.226. The van der Waals surface area contributed by atoms with Gasteiger partial charge < -0.3 is 10.2 Å². The Labute approximate surface area is 148 Å². The number of allylic oxidation sites excluding steroid dienone is 8. The highest BCUT2D eigenvalue weighted by molar-refractivity contribution is 5.14. The average molecular weight is 331 g/mol. The van der Waals surface area contributed by atoms with Crippen LogP contribution in [0.5, 0.6) is 0 Å². The van der Waals surface area contributed by atoms with Gasteiger partial charge in [-0.15, -0.1) is 0 Å². The van der Waals surface area contributed by atoms with E-state index in [1.165, 1.54) is 0 Å². The first-order valence-electron chi connectivity index (χ1n) is 9.05. The van der Waals surface area contributed by atoms with Crippen molar-refractivity contribution in [3.8, 4) is 0 Å². The third-order valence-electron chi connectivity index (χ3n) is 3.22. The molecule has 0 rings (SSSR count). The third-order valence-corrected chi connectivity index (χ3v) is 3.22. The molecule has 0 fully saturated rings. The van der Waals surface area contributed by atoms with E-state index < -0.39 is 12.2 Å². The van der Waals surface area contributed by atoms with Gasteiger partial charge in [-0.3, -0.25) is 0 Å². The van der Waals surface area contributed by atoms with Gasteiger partial charge in [-0.2, -0.15) is 0 Å². The molecule has 0 aromatic heterocycles. The van der Waals surface area contributed by atoms with E-state index in [-0.39, 0.29) is 0 Å². The molecule has 0 radical (unpaired) electrons. The minimum Gasteiger partial charge on any atom is -0.389 e. The summed E-state index contributed by atoms with van der Waals surface area (Å²) in [5, 5.41) is 19.5. The zero-order chi connectivity index (χ0) is 17.9. The Morgan fingerprint density at radius 2 is 1.08 bits per heavy atom. The fourth-order valence-electron chi connectivity index (χ4n) is 1.83. The van der Waals surface area contributed by atoms with Crippen LogP contribution in [0.15, 0.2) is 72.9 Å². The number of unbranched alkanes of at least 4 members (excludes halogenated alkanes) is 2. The average Bonchev–Trinajstić information content (AvgIpc) is 2.58. The molecule has 0 aliphatic carbocycles. The molecule has 0 aromatic rings. The van der Waals surface area contributed by atoms with E-state index in [4.69, 9.17) is 0 Å². The molecule has 0 saturated carbocycles. The molecule has 2 heteroatoms. The van der Waals surface area contributed by atoms with Gasteiger partial charge in [-0.1, -0.05) is 99.6 Å². The van der Waals surface area contributed by atoms with Crippen LogP contribution in [0.2, 0.25) is 0 Å². The highest BCUT2D eigenvalue weighted by Crippen LogP contribution is 1.99. The van der Waals surface area contributed by atoms with Gasteiger partial charge in [0.1, 0.15) is 0 Å². The summed E-state index contributed by atoms with van der Waals surface area (Å²) < 4.78 is 0. The van der Waals surface area contributed by atoms with Crippen molar-refractivity contribution < 1.29 is 10.2 Å². The maximum absolute atomic E-state index is 9.78. The van der Waals surface area contributed by atoms with E-state index in [0.29, 0.717) is 12.8 Å². The first-order chi connectivity index (χ1) is 11.7. The molecular formula is C22H34O2. The highest BCUT2D eigenvalue weighted by Gasteiger charge is 1.93. The van der Waals surface area contributed by atoms with Crippen LogP contribution in [0.4, 0.5) is 0 Å². The fourth-order valence-corrected chi connectivity index (χ4v) is 1.83. The quantitative estimate of drug-likeness (QED) is 0.349. The molecule has 0 unspecified atom stereocenters. The summed E-state index contributed by atoms with van der Waals surface area (Å²) >= 11 is 0. The number of aliphatic hydroxyl groups excluding tert-OH is 2. The van der Waals surface area contributed by atoms with Gasteiger partial charge in [0.05, 0.1) is 12.2 Å². The summed E-state index contributed by atoms with van der Waals surface area (Å²) in [6.45, 7) is 4.29. The number of aliphatic hydroxyl groups is 2. The van der Waals surface area contributed by atoms with Crippen LogP contribution in [0.25, 0.3) is 0 Å². The molecule has 0 heterocycles. The summed E-state index contributed by atoms with van der Waals surface area (Å²) in [4.78, 5) is 0. The Hall–Kier alpha value is -1.64. The molecule has 0 aromatic carbocycles. The lowest BCUT2D eigenvalue weighted by atomic mass is 10.2. The molecule has 24 heavy (non-hydrogen) atoms. The Morgan fingerprint density at radius 1 is 0.583 bits per heavy atom. The van der Waals surface area contributed by atoms with Gasteiger partial charge in [0.15, 0.2) is 0 Å². The maximum Gasteiger partial charge on any atom is 0.0758 e. The van der Waals surface area contributed by atoms with E-state index in [1.54, 1.807) is 12.2 Å². The highest BCUT2D eigenvalue weighted by atomic mass is 16.3. The largest absolute Gasteiger partial charge is 0.389 e. The van der Waals surface area contributed by atoms with E-state index >= 15 is 0 Å². The Balaban J connectivity index is 3.91. The monoisotopic (exact) mass is 330 g/mol. The molecule has 0 aliphatic rings. The van der Waals surface area contributed by atoms with E-state index in [0.717, 1.165) is 25.7 Å². The Morgan fingerprint density at radius 3 is 1.67 bits per heavy atom. The second-order valence-electron chi connectivity index (χ2n) is 5.67. The fraction of sp³-hybridized carbons (Fsp3) is 0.455. The third kappa shape index (κ3) is 16.7. The van der Waals surface area contributed by atoms with Crippen molar-refractivity contribution in [1.82, 2.24) is 0 Å². The van der Waals surface area contributed by atoms with Crippen molar-refractivity contribution in [3.05, 3.63) is 72.9 Å². The van der Waals surface area contributed by atoms with Crippen molar-refractivity contribution in [1.29, 1.82) is 0 Å². The van der Waals surface area contributed by atoms with Crippen LogP contribution in [-0.2, 0) is 0 Å². The molecule has 2 N–H and O–H groups in total. The molecular weight excluding hydrogens is 296 g/mol. The van der Waals surface area contributed by atoms with Crippen molar-refractivity contribution in [3.63, 3.8) is 0 Å². The van der Waals surface area contributed by atoms with Gasteiger partial charge >= 0.3 is 0 Å². The minimum absolute atomic E-state index is 0.441. The number of rotatable bonds is 13. The van der Waals surface area contributed by atoms with Crippen molar-refractivity contribution >= 4 is 0 Å². The van der Waals surface area contributed by atoms with Gasteiger partial charge in [-0.05, 0) is 25.7 Å². The zero-order valence-corrected chi connectivity index (χ0v) is 15.2. The second-order valence-corrected chi connectivity index (χ2v) is 5.67. The number of hydrogen-bond donors (Lipinski definition) is 2. The summed E-state index contributed by atoms with van der Waals surface area (Å²) in [5.41, 5.74) is 0. The Kier molecular flexibility index (Phi) is 16.5. The minimum atomic E-state index is -0.469. The van der Waals surface area contributed by atoms with Crippen molar-refractivity contribution in [2.45, 2.75) is 64.6 Å². The van der Waals surface area contributed by atoms with Crippen LogP contribution in [0.3, 0.4) is 0 Å². The molecule has 2 nitrogen and oxygen atoms in total. The van der Waals surface area contributed by atoms with E-state index in [2.05, 4.69) is 26.0 Å². The molecule has 134 valence electrons. The topological polar surface area (TPSA) is 40.5 Å². The lowest BCUT2D eigenvalue weighted by Crippen LogP contribution is -1.98. The van der Waals surface area contributed by atoms with Crippen molar-refractivity contribution in [2.24, 2.45) is 0 Å². The van der Waals surface area contributed by atoms with Gasteiger partial charge in [0.2, 0.25) is 0 Å². The van der Waals surface area contributed by atoms with Gasteiger partial charge in [-0.25, -0.2) is 0 Å². The number of hydrogen-bond acceptors (Lipinski definition) is 2. The lowest BCUT2D eigenvalue weighted by Gasteiger charge is -1.99. The molecule has 0 amide bonds. The standard InChI is InChI=1S/C22H34O2/c1-3-5-7-9-10-14-18-22(24)20-16-12-11-15-19-21(23)17-13-8-6-4-2/h7-16,19-24H,3-6,17-18H2,1-2H3/b9-7+,12-11+,13-8-,14-10-,19-15+,20-16+/t21-,22-/m0/s1. The van der Waals surface area contributed by atoms with Crippen LogP contribution >= 0.6 is 0 Å². The second kappa shape index (κ2) is 17.7. The summed E-state index contributed by atoms with van der Waals surface area (Å²) in [6, 6.07) is 0. The SMILES string of the molecule is CCC/C=C\C[C@H](O)/C=C/C=C/C=C/[C@@H](O)C/C=C\C=C\CCC. The zero-order valence-electron chi connectivity index (χ0n) is 15.2. The Bertz CT molecular complexity index is 439. The molecule has 0 aliphatic heterocycles. The maximum atomic E-state index is 9.78. The van der Waals surface area contributed by atoms with E-state index in [1.807, 2.05) is 48.6 Å². The van der Waals surface area contributed by atoms with Crippen LogP contribution in [-0.4, -0.2) is 22.4 Å². The summed E-state index contributed by atoms with van der Waals surface area (Å²) in [7, 11) is 0. The van der Waals surface area contributed by atoms with Crippen LogP contribution in [0, 0.1) is 0 Å². The summed E-state index contributed by atoms with van der Waals surface area (Å²) in [5.74, 6) is 0. The smallest absolute Gasteiger partial charge is 0.0758 e. The first kappa shape index (κ1) is 22.4. The summed E-state index contributed by atoms with van der Waals surface area (Å²) in [6.07, 6.45) is 27.9. The van der Waals surface area contributed by atoms with E-state index in [9.17, 15) is 10.2 Å². The normalized spacial score (nSPS) is 16.0. The predicted octanol–water partition coefficient (Wildman–Crippen LogP) is 5.43. The van der Waals surface area contributed by atoms with Gasteiger partial charge in [0.25, 0.3) is 0 Å².